The minimum Gasteiger partial charge on any atom is -0.379 e. The standard InChI is InChI=1S/C26H31FN4O5S/c1-2-35-16-17-36-19-24-25(18-26(32)31(28-24)23-10-8-22(27)9-11-23)29-12-14-30(15-13-29)37(33,34)20-21-6-4-3-5-7-21/h3-11,18H,2,12-17,19-20H2,1H3. The molecule has 0 atom stereocenters. The summed E-state index contributed by atoms with van der Waals surface area (Å²) in [7, 11) is -3.47. The van der Waals surface area contributed by atoms with E-state index in [-0.39, 0.29) is 17.9 Å². The Morgan fingerprint density at radius 1 is 0.946 bits per heavy atom. The molecule has 37 heavy (non-hydrogen) atoms. The summed E-state index contributed by atoms with van der Waals surface area (Å²) >= 11 is 0. The molecule has 0 radical (unpaired) electrons. The summed E-state index contributed by atoms with van der Waals surface area (Å²) in [5, 5.41) is 4.53. The molecule has 0 N–H and O–H groups in total. The zero-order valence-electron chi connectivity index (χ0n) is 20.8. The summed E-state index contributed by atoms with van der Waals surface area (Å²) in [6.45, 7) is 4.80. The van der Waals surface area contributed by atoms with Crippen LogP contribution in [0.2, 0.25) is 0 Å². The molecule has 11 heteroatoms. The number of ether oxygens (including phenoxy) is 2. The lowest BCUT2D eigenvalue weighted by atomic mass is 10.2. The highest BCUT2D eigenvalue weighted by Gasteiger charge is 2.28. The zero-order chi connectivity index (χ0) is 26.3. The molecule has 1 saturated heterocycles. The van der Waals surface area contributed by atoms with Crippen LogP contribution in [-0.2, 0) is 31.9 Å². The summed E-state index contributed by atoms with van der Waals surface area (Å²) in [6, 6.07) is 16.1. The maximum Gasteiger partial charge on any atom is 0.273 e. The van der Waals surface area contributed by atoms with Crippen LogP contribution in [0.4, 0.5) is 10.1 Å². The molecular formula is C26H31FN4O5S. The highest BCUT2D eigenvalue weighted by Crippen LogP contribution is 2.22. The van der Waals surface area contributed by atoms with Gasteiger partial charge in [-0.25, -0.2) is 12.8 Å². The van der Waals surface area contributed by atoms with E-state index in [2.05, 4.69) is 5.10 Å². The van der Waals surface area contributed by atoms with Crippen LogP contribution in [-0.4, -0.2) is 68.5 Å². The third kappa shape index (κ3) is 7.01. The van der Waals surface area contributed by atoms with Gasteiger partial charge in [0.15, 0.2) is 0 Å². The lowest BCUT2D eigenvalue weighted by Crippen LogP contribution is -2.49. The Morgan fingerprint density at radius 3 is 2.30 bits per heavy atom. The van der Waals surface area contributed by atoms with Crippen LogP contribution >= 0.6 is 0 Å². The largest absolute Gasteiger partial charge is 0.379 e. The number of anilines is 1. The van der Waals surface area contributed by atoms with E-state index < -0.39 is 15.8 Å². The Kier molecular flexibility index (Phi) is 9.04. The molecule has 3 aromatic rings. The number of hydrogen-bond acceptors (Lipinski definition) is 7. The molecule has 2 aromatic carbocycles. The van der Waals surface area contributed by atoms with Crippen LogP contribution < -0.4 is 10.5 Å². The normalized spacial score (nSPS) is 14.7. The van der Waals surface area contributed by atoms with Crippen molar-refractivity contribution < 1.29 is 22.3 Å². The van der Waals surface area contributed by atoms with Gasteiger partial charge in [0.1, 0.15) is 11.5 Å². The predicted octanol–water partition coefficient (Wildman–Crippen LogP) is 2.58. The molecule has 1 aliphatic rings. The molecule has 1 aromatic heterocycles. The fourth-order valence-corrected chi connectivity index (χ4v) is 5.66. The molecule has 0 amide bonds. The van der Waals surface area contributed by atoms with Crippen molar-refractivity contribution in [3.8, 4) is 5.69 Å². The molecule has 9 nitrogen and oxygen atoms in total. The van der Waals surface area contributed by atoms with Gasteiger partial charge in [-0.05, 0) is 36.8 Å². The van der Waals surface area contributed by atoms with Crippen molar-refractivity contribution in [2.75, 3.05) is 50.9 Å². The molecule has 2 heterocycles. The molecule has 1 fully saturated rings. The lowest BCUT2D eigenvalue weighted by molar-refractivity contribution is 0.0438. The van der Waals surface area contributed by atoms with E-state index >= 15 is 0 Å². The molecule has 0 unspecified atom stereocenters. The van der Waals surface area contributed by atoms with Crippen LogP contribution in [0.3, 0.4) is 0 Å². The predicted molar refractivity (Wildman–Crippen MR) is 139 cm³/mol. The summed E-state index contributed by atoms with van der Waals surface area (Å²) in [5.41, 5.74) is 1.93. The van der Waals surface area contributed by atoms with Crippen molar-refractivity contribution in [2.24, 2.45) is 0 Å². The maximum absolute atomic E-state index is 13.4. The second kappa shape index (κ2) is 12.4. The number of piperazine rings is 1. The minimum absolute atomic E-state index is 0.0535. The van der Waals surface area contributed by atoms with Gasteiger partial charge in [-0.3, -0.25) is 4.79 Å². The smallest absolute Gasteiger partial charge is 0.273 e. The topological polar surface area (TPSA) is 94.0 Å². The lowest BCUT2D eigenvalue weighted by Gasteiger charge is -2.36. The molecule has 0 saturated carbocycles. The van der Waals surface area contributed by atoms with E-state index in [9.17, 15) is 17.6 Å². The zero-order valence-corrected chi connectivity index (χ0v) is 21.6. The first-order valence-electron chi connectivity index (χ1n) is 12.2. The molecule has 4 rings (SSSR count). The Morgan fingerprint density at radius 2 is 1.62 bits per heavy atom. The Labute approximate surface area is 216 Å². The van der Waals surface area contributed by atoms with Crippen molar-refractivity contribution in [1.82, 2.24) is 14.1 Å². The van der Waals surface area contributed by atoms with Gasteiger partial charge in [0.25, 0.3) is 5.56 Å². The van der Waals surface area contributed by atoms with E-state index in [1.165, 1.54) is 39.3 Å². The van der Waals surface area contributed by atoms with E-state index in [1.807, 2.05) is 30.0 Å². The monoisotopic (exact) mass is 530 g/mol. The Bertz CT molecular complexity index is 1330. The number of aromatic nitrogens is 2. The maximum atomic E-state index is 13.4. The van der Waals surface area contributed by atoms with Crippen molar-refractivity contribution >= 4 is 15.7 Å². The fourth-order valence-electron chi connectivity index (χ4n) is 4.14. The van der Waals surface area contributed by atoms with Gasteiger partial charge in [0.05, 0.1) is 36.9 Å². The van der Waals surface area contributed by atoms with Gasteiger partial charge < -0.3 is 14.4 Å². The van der Waals surface area contributed by atoms with Crippen LogP contribution in [0, 0.1) is 5.82 Å². The first kappa shape index (κ1) is 26.9. The van der Waals surface area contributed by atoms with Crippen molar-refractivity contribution in [2.45, 2.75) is 19.3 Å². The van der Waals surface area contributed by atoms with Crippen molar-refractivity contribution in [1.29, 1.82) is 0 Å². The SMILES string of the molecule is CCOCCOCc1nn(-c2ccc(F)cc2)c(=O)cc1N1CCN(S(=O)(=O)Cc2ccccc2)CC1. The van der Waals surface area contributed by atoms with Crippen LogP contribution in [0.15, 0.2) is 65.5 Å². The summed E-state index contributed by atoms with van der Waals surface area (Å²) in [4.78, 5) is 14.9. The third-order valence-corrected chi connectivity index (χ3v) is 7.89. The summed E-state index contributed by atoms with van der Waals surface area (Å²) in [6.07, 6.45) is 0. The second-order valence-electron chi connectivity index (χ2n) is 8.58. The van der Waals surface area contributed by atoms with E-state index in [4.69, 9.17) is 9.47 Å². The Balaban J connectivity index is 1.52. The van der Waals surface area contributed by atoms with Crippen molar-refractivity contribution in [3.63, 3.8) is 0 Å². The van der Waals surface area contributed by atoms with Crippen molar-refractivity contribution in [3.05, 3.63) is 88.1 Å². The van der Waals surface area contributed by atoms with Crippen LogP contribution in [0.1, 0.15) is 18.2 Å². The molecule has 198 valence electrons. The van der Waals surface area contributed by atoms with E-state index in [0.29, 0.717) is 63.1 Å². The average molecular weight is 531 g/mol. The van der Waals surface area contributed by atoms with Gasteiger partial charge >= 0.3 is 0 Å². The number of rotatable bonds is 11. The van der Waals surface area contributed by atoms with Gasteiger partial charge in [-0.1, -0.05) is 30.3 Å². The first-order valence-corrected chi connectivity index (χ1v) is 13.8. The molecule has 0 spiro atoms. The van der Waals surface area contributed by atoms with Gasteiger partial charge in [-0.2, -0.15) is 14.1 Å². The fraction of sp³-hybridized carbons (Fsp3) is 0.385. The summed E-state index contributed by atoms with van der Waals surface area (Å²) in [5.74, 6) is -0.463. The van der Waals surface area contributed by atoms with Crippen LogP contribution in [0.25, 0.3) is 5.69 Å². The first-order chi connectivity index (χ1) is 17.9. The highest BCUT2D eigenvalue weighted by molar-refractivity contribution is 7.88. The van der Waals surface area contributed by atoms with Gasteiger partial charge in [-0.15, -0.1) is 0 Å². The quantitative estimate of drug-likeness (QED) is 0.352. The molecule has 0 aliphatic carbocycles. The number of nitrogens with zero attached hydrogens (tertiary/aromatic N) is 4. The number of benzene rings is 2. The number of hydrogen-bond donors (Lipinski definition) is 0. The summed E-state index contributed by atoms with van der Waals surface area (Å²) < 4.78 is 53.1. The Hall–Kier alpha value is -3.12. The highest BCUT2D eigenvalue weighted by atomic mass is 32.2. The molecule has 1 aliphatic heterocycles. The van der Waals surface area contributed by atoms with Gasteiger partial charge in [0, 0.05) is 38.9 Å². The molecule has 0 bridgehead atoms. The molecular weight excluding hydrogens is 499 g/mol. The number of sulfonamides is 1. The van der Waals surface area contributed by atoms with E-state index in [1.54, 1.807) is 12.1 Å². The van der Waals surface area contributed by atoms with Gasteiger partial charge in [0.2, 0.25) is 10.0 Å². The average Bonchev–Trinajstić information content (AvgIpc) is 2.90. The number of halogens is 1. The second-order valence-corrected chi connectivity index (χ2v) is 10.5. The van der Waals surface area contributed by atoms with Crippen LogP contribution in [0.5, 0.6) is 0 Å². The minimum atomic E-state index is -3.47. The van der Waals surface area contributed by atoms with E-state index in [0.717, 1.165) is 5.56 Å². The third-order valence-electron chi connectivity index (χ3n) is 6.04.